The molecule has 0 unspecified atom stereocenters. The number of hydrogen-bond acceptors (Lipinski definition) is 1. The van der Waals surface area contributed by atoms with E-state index in [-0.39, 0.29) is 13.0 Å². The van der Waals surface area contributed by atoms with E-state index in [4.69, 9.17) is 10.6 Å². The number of aliphatic hydroxyl groups excluding tert-OH is 1. The first-order valence-electron chi connectivity index (χ1n) is 4.07. The van der Waals surface area contributed by atoms with Crippen molar-refractivity contribution in [3.63, 3.8) is 0 Å². The lowest BCUT2D eigenvalue weighted by molar-refractivity contribution is 0.350. The van der Waals surface area contributed by atoms with Crippen LogP contribution in [0.5, 0.6) is 0 Å². The molecule has 0 atom stereocenters. The fourth-order valence-electron chi connectivity index (χ4n) is 0.169. The number of hydrogen-bond donors (Lipinski definition) is 1. The van der Waals surface area contributed by atoms with Gasteiger partial charge in [-0.3, -0.25) is 0 Å². The Morgan fingerprint density at radius 3 is 3.29 bits per heavy atom. The molecule has 0 aromatic heterocycles. The van der Waals surface area contributed by atoms with Gasteiger partial charge in [-0.15, -0.1) is 5.92 Å². The van der Waals surface area contributed by atoms with Gasteiger partial charge in [0.05, 0.1) is 0 Å². The Labute approximate surface area is 50.0 Å². The minimum atomic E-state index is -1.90. The Morgan fingerprint density at radius 1 is 1.86 bits per heavy atom. The van der Waals surface area contributed by atoms with Crippen LogP contribution in [-0.2, 0) is 0 Å². The van der Waals surface area contributed by atoms with Crippen LogP contribution in [0.1, 0.15) is 25.2 Å². The minimum Gasteiger partial charge on any atom is -0.384 e. The zero-order chi connectivity index (χ0) is 8.91. The van der Waals surface area contributed by atoms with Crippen molar-refractivity contribution in [2.24, 2.45) is 0 Å². The van der Waals surface area contributed by atoms with Crippen LogP contribution in [0.25, 0.3) is 0 Å². The predicted molar refractivity (Wildman–Crippen MR) is 29.8 cm³/mol. The zero-order valence-corrected chi connectivity index (χ0v) is 3.94. The maximum atomic E-state index is 8.21. The highest BCUT2D eigenvalue weighted by atomic mass is 16.2. The molecule has 0 aliphatic rings. The monoisotopic (exact) mass is 102 g/mol. The summed E-state index contributed by atoms with van der Waals surface area (Å²) >= 11 is 0. The smallest absolute Gasteiger partial charge is 0.104 e. The summed E-state index contributed by atoms with van der Waals surface area (Å²) in [7, 11) is 0. The van der Waals surface area contributed by atoms with Crippen molar-refractivity contribution in [2.75, 3.05) is 6.61 Å². The van der Waals surface area contributed by atoms with Gasteiger partial charge in [-0.25, -0.2) is 0 Å². The Kier molecular flexibility index (Phi) is 1.73. The van der Waals surface area contributed by atoms with Crippen molar-refractivity contribution in [1.82, 2.24) is 0 Å². The summed E-state index contributed by atoms with van der Waals surface area (Å²) in [5, 5.41) is 8.21. The largest absolute Gasteiger partial charge is 0.384 e. The van der Waals surface area contributed by atoms with E-state index < -0.39 is 13.2 Å². The van der Waals surface area contributed by atoms with E-state index >= 15 is 0 Å². The molecule has 7 heavy (non-hydrogen) atoms. The van der Waals surface area contributed by atoms with Crippen molar-refractivity contribution in [3.8, 4) is 11.8 Å². The van der Waals surface area contributed by atoms with Crippen LogP contribution in [0.3, 0.4) is 0 Å². The van der Waals surface area contributed by atoms with Crippen LogP contribution >= 0.6 is 0 Å². The van der Waals surface area contributed by atoms with Gasteiger partial charge in [-0.2, -0.15) is 0 Å². The van der Waals surface area contributed by atoms with E-state index in [9.17, 15) is 0 Å². The fourth-order valence-corrected chi connectivity index (χ4v) is 0.169. The van der Waals surface area contributed by atoms with Crippen LogP contribution < -0.4 is 0 Å². The molecule has 1 heteroatoms. The van der Waals surface area contributed by atoms with Crippen LogP contribution in [0, 0.1) is 11.8 Å². The van der Waals surface area contributed by atoms with Crippen molar-refractivity contribution in [2.45, 2.75) is 19.7 Å². The average molecular weight is 102 g/mol. The summed E-state index contributed by atoms with van der Waals surface area (Å²) in [4.78, 5) is 0. The van der Waals surface area contributed by atoms with Gasteiger partial charge in [0.25, 0.3) is 0 Å². The van der Waals surface area contributed by atoms with Crippen LogP contribution in [0.15, 0.2) is 0 Å². The van der Waals surface area contributed by atoms with Crippen LogP contribution in [-0.4, -0.2) is 11.7 Å². The summed E-state index contributed by atoms with van der Waals surface area (Å²) in [5.74, 6) is 4.60. The van der Waals surface area contributed by atoms with Crippen LogP contribution in [0.2, 0.25) is 0 Å². The van der Waals surface area contributed by atoms with E-state index in [1.165, 1.54) is 0 Å². The predicted octanol–water partition coefficient (Wildman–Crippen LogP) is 0.782. The van der Waals surface area contributed by atoms with Gasteiger partial charge in [-0.05, 0) is 6.37 Å². The van der Waals surface area contributed by atoms with Gasteiger partial charge in [0.2, 0.25) is 0 Å². The third kappa shape index (κ3) is 5.52. The fraction of sp³-hybridized carbons (Fsp3) is 0.667. The Bertz CT molecular complexity index is 167. The van der Waals surface area contributed by atoms with Crippen molar-refractivity contribution in [1.29, 1.82) is 0 Å². The van der Waals surface area contributed by atoms with Gasteiger partial charge in [0.1, 0.15) is 6.61 Å². The van der Waals surface area contributed by atoms with Gasteiger partial charge < -0.3 is 5.11 Å². The first kappa shape index (κ1) is 2.19. The number of rotatable bonds is 1. The Morgan fingerprint density at radius 2 is 2.71 bits per heavy atom. The molecule has 1 N–H and O–H groups in total. The molecular formula is C6H10O. The van der Waals surface area contributed by atoms with E-state index in [0.29, 0.717) is 0 Å². The second-order valence-electron chi connectivity index (χ2n) is 0.893. The molecule has 0 aliphatic heterocycles. The first-order chi connectivity index (χ1) is 5.00. The third-order valence-corrected chi connectivity index (χ3v) is 0.395. The van der Waals surface area contributed by atoms with E-state index in [0.717, 1.165) is 0 Å². The summed E-state index contributed by atoms with van der Waals surface area (Å²) in [6, 6.07) is 0. The quantitative estimate of drug-likeness (QED) is 0.485. The van der Waals surface area contributed by atoms with E-state index in [1.54, 1.807) is 0 Å². The Balaban J connectivity index is 3.92. The van der Waals surface area contributed by atoms with E-state index in [2.05, 4.69) is 11.8 Å². The molecule has 0 heterocycles. The maximum Gasteiger partial charge on any atom is 0.104 e. The van der Waals surface area contributed by atoms with E-state index in [1.807, 2.05) is 0 Å². The van der Waals surface area contributed by atoms with Gasteiger partial charge in [0.15, 0.2) is 0 Å². The molecule has 0 aliphatic carbocycles. The second kappa shape index (κ2) is 5.52. The highest BCUT2D eigenvalue weighted by molar-refractivity contribution is 4.97. The Hall–Kier alpha value is -0.480. The highest BCUT2D eigenvalue weighted by Gasteiger charge is 1.66. The molecule has 0 fully saturated rings. The summed E-state index contributed by atoms with van der Waals surface area (Å²) in [5.41, 5.74) is 0. The molecule has 0 bridgehead atoms. The van der Waals surface area contributed by atoms with Gasteiger partial charge >= 0.3 is 0 Å². The number of aliphatic hydroxyl groups is 1. The summed E-state index contributed by atoms with van der Waals surface area (Å²) < 4.78 is 27.7. The molecular weight excluding hydrogens is 88.1 g/mol. The molecule has 1 nitrogen and oxygen atoms in total. The lowest BCUT2D eigenvalue weighted by Crippen LogP contribution is -1.70. The zero-order valence-electron chi connectivity index (χ0n) is 7.94. The highest BCUT2D eigenvalue weighted by Crippen LogP contribution is 1.79. The van der Waals surface area contributed by atoms with Gasteiger partial charge in [0, 0.05) is 11.9 Å². The molecule has 40 valence electrons. The van der Waals surface area contributed by atoms with Crippen molar-refractivity contribution >= 4 is 0 Å². The minimum absolute atomic E-state index is 0.175. The van der Waals surface area contributed by atoms with Gasteiger partial charge in [-0.1, -0.05) is 12.8 Å². The average Bonchev–Trinajstić information content (AvgIpc) is 1.88. The normalized spacial score (nSPS) is 18.0. The molecule has 0 aromatic carbocycles. The molecule has 0 amide bonds. The molecule has 0 saturated carbocycles. The summed E-state index contributed by atoms with van der Waals surface area (Å²) in [6.45, 7) is -1.84. The summed E-state index contributed by atoms with van der Waals surface area (Å²) in [6.07, 6.45) is -2.08. The molecule has 0 radical (unpaired) electrons. The lowest BCUT2D eigenvalue weighted by Gasteiger charge is -1.74. The second-order valence-corrected chi connectivity index (χ2v) is 0.893. The molecule has 0 aromatic rings. The molecule has 0 rings (SSSR count). The SMILES string of the molecule is [2H]C([2H])C([2H])([2H])CC#CCO. The first-order valence-corrected chi connectivity index (χ1v) is 1.92. The lowest BCUT2D eigenvalue weighted by atomic mass is 10.3. The van der Waals surface area contributed by atoms with Crippen LogP contribution in [0.4, 0.5) is 0 Å². The standard InChI is InChI=1S/C6H10O/c1-2-3-4-5-6-7/h7H,2-3,6H2,1H3/i1D2,2D2. The maximum absolute atomic E-state index is 8.21. The topological polar surface area (TPSA) is 20.2 Å². The van der Waals surface area contributed by atoms with Crippen molar-refractivity contribution in [3.05, 3.63) is 0 Å². The van der Waals surface area contributed by atoms with Crippen molar-refractivity contribution < 1.29 is 10.6 Å². The molecule has 0 saturated heterocycles. The third-order valence-electron chi connectivity index (χ3n) is 0.395. The molecule has 0 spiro atoms.